The Morgan fingerprint density at radius 2 is 2.03 bits per heavy atom. The van der Waals surface area contributed by atoms with E-state index in [2.05, 4.69) is 23.2 Å². The number of pyridine rings is 1. The highest BCUT2D eigenvalue weighted by Crippen LogP contribution is 2.32. The lowest BCUT2D eigenvalue weighted by Crippen LogP contribution is -2.32. The second-order valence-corrected chi connectivity index (χ2v) is 9.56. The maximum atomic E-state index is 10.4. The molecule has 1 unspecified atom stereocenters. The number of nitriles is 1. The minimum atomic E-state index is -0.536. The van der Waals surface area contributed by atoms with Crippen LogP contribution in [0.15, 0.2) is 36.5 Å². The number of halogens is 1. The van der Waals surface area contributed by atoms with E-state index in [0.29, 0.717) is 36.0 Å². The van der Waals surface area contributed by atoms with E-state index in [9.17, 15) is 10.4 Å². The van der Waals surface area contributed by atoms with Crippen LogP contribution in [0.5, 0.6) is 5.75 Å². The fraction of sp³-hybridized carbons (Fsp3) is 0.429. The summed E-state index contributed by atoms with van der Waals surface area (Å²) in [7, 11) is 1.59. The van der Waals surface area contributed by atoms with Gasteiger partial charge in [0.15, 0.2) is 0 Å². The molecule has 7 nitrogen and oxygen atoms in total. The molecule has 1 fully saturated rings. The molecule has 190 valence electrons. The summed E-state index contributed by atoms with van der Waals surface area (Å²) in [5.74, 6) is 0.627. The molecule has 1 atom stereocenters. The van der Waals surface area contributed by atoms with Crippen LogP contribution in [0.25, 0.3) is 10.9 Å². The van der Waals surface area contributed by atoms with Crippen molar-refractivity contribution in [2.24, 2.45) is 0 Å². The number of aromatic nitrogens is 1. The van der Waals surface area contributed by atoms with Gasteiger partial charge in [-0.2, -0.15) is 5.26 Å². The molecular weight excluding hydrogens is 476 g/mol. The van der Waals surface area contributed by atoms with Crippen LogP contribution in [0.1, 0.15) is 42.0 Å². The van der Waals surface area contributed by atoms with E-state index < -0.39 is 6.10 Å². The van der Waals surface area contributed by atoms with Gasteiger partial charge in [-0.1, -0.05) is 24.6 Å². The number of hydrogen-bond donors (Lipinski definition) is 2. The number of aryl methyl sites for hydroxylation is 1. The normalized spacial score (nSPS) is 14.6. The maximum absolute atomic E-state index is 10.4. The van der Waals surface area contributed by atoms with Gasteiger partial charge in [-0.3, -0.25) is 4.98 Å². The van der Waals surface area contributed by atoms with Crippen molar-refractivity contribution in [3.05, 3.63) is 63.8 Å². The predicted octanol–water partition coefficient (Wildman–Crippen LogP) is 4.92. The summed E-state index contributed by atoms with van der Waals surface area (Å²) < 4.78 is 11.2. The second kappa shape index (κ2) is 12.4. The van der Waals surface area contributed by atoms with Gasteiger partial charge in [0.25, 0.3) is 0 Å². The Morgan fingerprint density at radius 1 is 1.22 bits per heavy atom. The van der Waals surface area contributed by atoms with Crippen LogP contribution in [0, 0.1) is 11.3 Å². The van der Waals surface area contributed by atoms with Crippen molar-refractivity contribution in [2.45, 2.75) is 45.4 Å². The first-order valence-electron chi connectivity index (χ1n) is 12.4. The molecule has 2 N–H and O–H groups in total. The summed E-state index contributed by atoms with van der Waals surface area (Å²) in [4.78, 5) is 7.00. The van der Waals surface area contributed by atoms with Crippen LogP contribution in [0.3, 0.4) is 0 Å². The van der Waals surface area contributed by atoms with E-state index in [-0.39, 0.29) is 6.61 Å². The van der Waals surface area contributed by atoms with Crippen molar-refractivity contribution >= 4 is 28.2 Å². The Morgan fingerprint density at radius 3 is 2.72 bits per heavy atom. The zero-order valence-corrected chi connectivity index (χ0v) is 21.6. The molecule has 1 aliphatic heterocycles. The van der Waals surface area contributed by atoms with Crippen molar-refractivity contribution < 1.29 is 14.6 Å². The number of rotatable bonds is 11. The lowest BCUT2D eigenvalue weighted by molar-refractivity contribution is 0.0135. The summed E-state index contributed by atoms with van der Waals surface area (Å²) >= 11 is 6.33. The summed E-state index contributed by atoms with van der Waals surface area (Å²) in [5, 5.41) is 25.0. The van der Waals surface area contributed by atoms with Crippen LogP contribution in [0.4, 0.5) is 5.69 Å². The van der Waals surface area contributed by atoms with Crippen molar-refractivity contribution in [2.75, 3.05) is 38.7 Å². The molecule has 8 heteroatoms. The molecule has 4 rings (SSSR count). The topological polar surface area (TPSA) is 90.6 Å². The average molecular weight is 509 g/mol. The van der Waals surface area contributed by atoms with Crippen molar-refractivity contribution in [3.8, 4) is 11.8 Å². The molecule has 0 amide bonds. The number of fused-ring (bicyclic) bond motifs is 1. The third-order valence-corrected chi connectivity index (χ3v) is 6.86. The second-order valence-electron chi connectivity index (χ2n) is 9.15. The number of likely N-dealkylation sites (tertiary alicyclic amines) is 1. The predicted molar refractivity (Wildman–Crippen MR) is 143 cm³/mol. The van der Waals surface area contributed by atoms with E-state index in [1.54, 1.807) is 7.11 Å². The number of nitrogens with zero attached hydrogens (tertiary/aromatic N) is 3. The number of nitrogens with one attached hydrogen (secondary N) is 1. The lowest BCUT2D eigenvalue weighted by Gasteiger charge is -2.20. The fourth-order valence-corrected chi connectivity index (χ4v) is 4.98. The fourth-order valence-electron chi connectivity index (χ4n) is 4.70. The Bertz CT molecular complexity index is 1240. The van der Waals surface area contributed by atoms with Gasteiger partial charge in [-0.25, -0.2) is 0 Å². The van der Waals surface area contributed by atoms with Crippen LogP contribution < -0.4 is 10.1 Å². The van der Waals surface area contributed by atoms with Crippen LogP contribution in [0.2, 0.25) is 5.02 Å². The Balaban J connectivity index is 1.58. The van der Waals surface area contributed by atoms with Crippen LogP contribution in [-0.4, -0.2) is 54.4 Å². The third kappa shape index (κ3) is 6.26. The van der Waals surface area contributed by atoms with Crippen molar-refractivity contribution in [3.63, 3.8) is 0 Å². The van der Waals surface area contributed by atoms with Gasteiger partial charge < -0.3 is 24.8 Å². The zero-order valence-electron chi connectivity index (χ0n) is 20.9. The first-order chi connectivity index (χ1) is 17.5. The van der Waals surface area contributed by atoms with Gasteiger partial charge in [-0.05, 0) is 67.7 Å². The quantitative estimate of drug-likeness (QED) is 0.380. The molecule has 36 heavy (non-hydrogen) atoms. The van der Waals surface area contributed by atoms with Gasteiger partial charge >= 0.3 is 0 Å². The molecule has 0 bridgehead atoms. The SMILES string of the molecule is CCc1cc(C#N)cc2c(NCc3ccc(OC)c(Cl)c3)c(COCC(O)CN3CCCC3)cnc12. The van der Waals surface area contributed by atoms with Gasteiger partial charge in [0.2, 0.25) is 0 Å². The smallest absolute Gasteiger partial charge is 0.137 e. The molecule has 0 radical (unpaired) electrons. The Labute approximate surface area is 217 Å². The van der Waals surface area contributed by atoms with Gasteiger partial charge in [0, 0.05) is 30.2 Å². The summed E-state index contributed by atoms with van der Waals surface area (Å²) in [6.07, 6.45) is 4.44. The molecule has 0 spiro atoms. The lowest BCUT2D eigenvalue weighted by atomic mass is 10.0. The number of β-amino-alcohol motifs (C(OH)–C–C–N with tert-alkyl or cyclic N) is 1. The molecule has 1 saturated heterocycles. The standard InChI is InChI=1S/C28H33ClN4O3/c1-3-21-10-20(13-30)11-24-27(21)32-15-22(17-36-18-23(34)16-33-8-4-5-9-33)28(24)31-14-19-6-7-26(35-2)25(29)12-19/h6-7,10-12,15,23,34H,3-5,8-9,14,16-18H2,1-2H3,(H,31,32). The minimum Gasteiger partial charge on any atom is -0.495 e. The van der Waals surface area contributed by atoms with E-state index in [4.69, 9.17) is 26.1 Å². The monoisotopic (exact) mass is 508 g/mol. The Kier molecular flexibility index (Phi) is 9.00. The van der Waals surface area contributed by atoms with E-state index >= 15 is 0 Å². The molecule has 1 aliphatic rings. The van der Waals surface area contributed by atoms with Gasteiger partial charge in [0.1, 0.15) is 5.75 Å². The van der Waals surface area contributed by atoms with E-state index in [1.165, 1.54) is 12.8 Å². The average Bonchev–Trinajstić information content (AvgIpc) is 3.40. The molecular formula is C28H33ClN4O3. The molecule has 3 aromatic rings. The minimum absolute atomic E-state index is 0.251. The highest BCUT2D eigenvalue weighted by Gasteiger charge is 2.17. The number of methoxy groups -OCH3 is 1. The van der Waals surface area contributed by atoms with Crippen molar-refractivity contribution in [1.29, 1.82) is 5.26 Å². The number of anilines is 1. The highest BCUT2D eigenvalue weighted by molar-refractivity contribution is 6.32. The van der Waals surface area contributed by atoms with Gasteiger partial charge in [-0.15, -0.1) is 0 Å². The first-order valence-corrected chi connectivity index (χ1v) is 12.8. The molecule has 2 heterocycles. The number of aliphatic hydroxyl groups excluding tert-OH is 1. The van der Waals surface area contributed by atoms with E-state index in [0.717, 1.165) is 52.8 Å². The number of aliphatic hydroxyl groups is 1. The van der Waals surface area contributed by atoms with E-state index in [1.807, 2.05) is 36.5 Å². The van der Waals surface area contributed by atoms with Crippen LogP contribution in [-0.2, 0) is 24.3 Å². The largest absolute Gasteiger partial charge is 0.495 e. The summed E-state index contributed by atoms with van der Waals surface area (Å²) in [6, 6.07) is 11.7. The summed E-state index contributed by atoms with van der Waals surface area (Å²) in [5.41, 5.74) is 5.21. The van der Waals surface area contributed by atoms with Crippen molar-refractivity contribution in [1.82, 2.24) is 9.88 Å². The molecule has 2 aromatic carbocycles. The summed E-state index contributed by atoms with van der Waals surface area (Å²) in [6.45, 7) is 5.83. The molecule has 0 aliphatic carbocycles. The Hall–Kier alpha value is -2.89. The number of hydrogen-bond acceptors (Lipinski definition) is 7. The number of ether oxygens (including phenoxy) is 2. The molecule has 0 saturated carbocycles. The number of benzene rings is 2. The zero-order chi connectivity index (χ0) is 25.5. The maximum Gasteiger partial charge on any atom is 0.137 e. The molecule has 1 aromatic heterocycles. The third-order valence-electron chi connectivity index (χ3n) is 6.56. The highest BCUT2D eigenvalue weighted by atomic mass is 35.5. The van der Waals surface area contributed by atoms with Crippen LogP contribution >= 0.6 is 11.6 Å². The van der Waals surface area contributed by atoms with Gasteiger partial charge in [0.05, 0.1) is 54.3 Å². The first kappa shape index (κ1) is 26.2.